The molecule has 2 heterocycles. The number of ether oxygens (including phenoxy) is 5. The van der Waals surface area contributed by atoms with E-state index in [9.17, 15) is 35.7 Å². The van der Waals surface area contributed by atoms with Crippen LogP contribution in [0.3, 0.4) is 0 Å². The first-order chi connectivity index (χ1) is 16.7. The zero-order chi connectivity index (χ0) is 25.7. The van der Waals surface area contributed by atoms with Gasteiger partial charge < -0.3 is 59.4 Å². The third-order valence-electron chi connectivity index (χ3n) is 6.20. The van der Waals surface area contributed by atoms with Crippen molar-refractivity contribution in [3.63, 3.8) is 0 Å². The molecule has 200 valence electrons. The summed E-state index contributed by atoms with van der Waals surface area (Å²) in [5.41, 5.74) is 0.586. The molecule has 1 aromatic rings. The van der Waals surface area contributed by atoms with Crippen LogP contribution in [-0.2, 0) is 20.6 Å². The van der Waals surface area contributed by atoms with E-state index >= 15 is 0 Å². The van der Waals surface area contributed by atoms with E-state index in [0.29, 0.717) is 12.0 Å². The highest BCUT2D eigenvalue weighted by molar-refractivity contribution is 5.51. The molecule has 2 aliphatic rings. The molecule has 0 bridgehead atoms. The third-order valence-corrected chi connectivity index (χ3v) is 6.20. The lowest BCUT2D eigenvalue weighted by atomic mass is 9.99. The van der Waals surface area contributed by atoms with Gasteiger partial charge in [-0.1, -0.05) is 19.8 Å². The van der Waals surface area contributed by atoms with Gasteiger partial charge in [0, 0.05) is 11.6 Å². The van der Waals surface area contributed by atoms with Crippen molar-refractivity contribution in [3.05, 3.63) is 17.7 Å². The number of aryl methyl sites for hydroxylation is 1. The lowest BCUT2D eigenvalue weighted by molar-refractivity contribution is -0.307. The molecule has 12 heteroatoms. The van der Waals surface area contributed by atoms with Crippen LogP contribution in [0, 0.1) is 0 Å². The fraction of sp³-hybridized carbons (Fsp3) is 0.739. The number of aliphatic hydroxyl groups is 6. The van der Waals surface area contributed by atoms with Gasteiger partial charge in [0.05, 0.1) is 20.3 Å². The number of phenols is 1. The molecule has 0 amide bonds. The van der Waals surface area contributed by atoms with Gasteiger partial charge in [0.25, 0.3) is 0 Å². The molecule has 12 nitrogen and oxygen atoms in total. The topological polar surface area (TPSA) is 188 Å². The Morgan fingerprint density at radius 3 is 2.31 bits per heavy atom. The Morgan fingerprint density at radius 1 is 0.914 bits per heavy atom. The van der Waals surface area contributed by atoms with Gasteiger partial charge in [0.2, 0.25) is 6.29 Å². The van der Waals surface area contributed by atoms with E-state index < -0.39 is 61.9 Å². The highest BCUT2D eigenvalue weighted by Gasteiger charge is 2.46. The van der Waals surface area contributed by atoms with Crippen molar-refractivity contribution < 1.29 is 59.4 Å². The SMILES string of the molecule is CCCCCc1cc(OC2OC(COC3OCC(O)C(O)C3O)C(O)C(O)C2O)cc(OC)c1O. The number of aliphatic hydroxyl groups excluding tert-OH is 6. The molecule has 0 radical (unpaired) electrons. The quantitative estimate of drug-likeness (QED) is 0.188. The van der Waals surface area contributed by atoms with E-state index in [4.69, 9.17) is 23.7 Å². The number of phenolic OH excluding ortho intramolecular Hbond substituents is 1. The van der Waals surface area contributed by atoms with Gasteiger partial charge >= 0.3 is 0 Å². The van der Waals surface area contributed by atoms with E-state index in [-0.39, 0.29) is 23.9 Å². The summed E-state index contributed by atoms with van der Waals surface area (Å²) in [7, 11) is 1.39. The lowest BCUT2D eigenvalue weighted by Crippen LogP contribution is -2.61. The molecule has 2 aliphatic heterocycles. The smallest absolute Gasteiger partial charge is 0.229 e. The number of benzene rings is 1. The number of rotatable bonds is 10. The van der Waals surface area contributed by atoms with Crippen molar-refractivity contribution in [2.24, 2.45) is 0 Å². The second kappa shape index (κ2) is 12.5. The molecule has 35 heavy (non-hydrogen) atoms. The molecule has 0 saturated carbocycles. The monoisotopic (exact) mass is 504 g/mol. The Morgan fingerprint density at radius 2 is 1.63 bits per heavy atom. The second-order valence-electron chi connectivity index (χ2n) is 8.81. The molecule has 0 aliphatic carbocycles. The second-order valence-corrected chi connectivity index (χ2v) is 8.81. The predicted octanol–water partition coefficient (Wildman–Crippen LogP) is -1.22. The van der Waals surface area contributed by atoms with E-state index in [2.05, 4.69) is 6.92 Å². The highest BCUT2D eigenvalue weighted by atomic mass is 16.7. The van der Waals surface area contributed by atoms with Crippen LogP contribution in [0.4, 0.5) is 0 Å². The van der Waals surface area contributed by atoms with Gasteiger partial charge in [-0.15, -0.1) is 0 Å². The molecular formula is C23H36O12. The Bertz CT molecular complexity index is 807. The molecule has 0 spiro atoms. The number of unbranched alkanes of at least 4 members (excludes halogenated alkanes) is 2. The molecule has 0 aromatic heterocycles. The van der Waals surface area contributed by atoms with Gasteiger partial charge in [-0.2, -0.15) is 0 Å². The Hall–Kier alpha value is -1.74. The summed E-state index contributed by atoms with van der Waals surface area (Å²) in [6.45, 7) is 1.40. The van der Waals surface area contributed by atoms with Crippen molar-refractivity contribution in [3.8, 4) is 17.2 Å². The van der Waals surface area contributed by atoms with Crippen LogP contribution < -0.4 is 9.47 Å². The van der Waals surface area contributed by atoms with Gasteiger partial charge in [0.15, 0.2) is 17.8 Å². The maximum atomic E-state index is 10.4. The van der Waals surface area contributed by atoms with Gasteiger partial charge in [-0.05, 0) is 18.9 Å². The Balaban J connectivity index is 1.69. The molecule has 2 fully saturated rings. The molecule has 1 aromatic carbocycles. The minimum atomic E-state index is -1.64. The summed E-state index contributed by atoms with van der Waals surface area (Å²) in [5.74, 6) is 0.367. The van der Waals surface area contributed by atoms with Crippen LogP contribution >= 0.6 is 0 Å². The summed E-state index contributed by atoms with van der Waals surface area (Å²) in [6, 6.07) is 3.00. The first-order valence-corrected chi connectivity index (χ1v) is 11.7. The minimum Gasteiger partial charge on any atom is -0.504 e. The van der Waals surface area contributed by atoms with Crippen molar-refractivity contribution in [2.45, 2.75) is 87.9 Å². The molecule has 9 unspecified atom stereocenters. The van der Waals surface area contributed by atoms with E-state index in [1.807, 2.05) is 0 Å². The summed E-state index contributed by atoms with van der Waals surface area (Å²) in [5, 5.41) is 70.9. The fourth-order valence-corrected chi connectivity index (χ4v) is 4.02. The standard InChI is InChI=1S/C23H36O12/c1-3-4-5-6-11-7-12(8-14(31-2)16(11)25)34-23-21(30)19(28)18(27)15(35-23)10-33-22-20(29)17(26)13(24)9-32-22/h7-8,13,15,17-30H,3-6,9-10H2,1-2H3. The molecule has 7 N–H and O–H groups in total. The Kier molecular flexibility index (Phi) is 9.93. The number of hydrogen-bond acceptors (Lipinski definition) is 12. The zero-order valence-electron chi connectivity index (χ0n) is 19.8. The van der Waals surface area contributed by atoms with Crippen molar-refractivity contribution in [1.29, 1.82) is 0 Å². The van der Waals surface area contributed by atoms with E-state index in [0.717, 1.165) is 19.3 Å². The van der Waals surface area contributed by atoms with Crippen LogP contribution in [0.5, 0.6) is 17.2 Å². The van der Waals surface area contributed by atoms with Gasteiger partial charge in [0.1, 0.15) is 48.5 Å². The first kappa shape index (κ1) is 27.8. The van der Waals surface area contributed by atoms with Crippen molar-refractivity contribution in [2.75, 3.05) is 20.3 Å². The molecular weight excluding hydrogens is 468 g/mol. The summed E-state index contributed by atoms with van der Waals surface area (Å²) >= 11 is 0. The van der Waals surface area contributed by atoms with Crippen LogP contribution in [0.1, 0.15) is 31.7 Å². The van der Waals surface area contributed by atoms with Gasteiger partial charge in [-0.25, -0.2) is 0 Å². The summed E-state index contributed by atoms with van der Waals surface area (Å²) in [6.07, 6.45) is -9.64. The first-order valence-electron chi connectivity index (χ1n) is 11.7. The third kappa shape index (κ3) is 6.53. The molecule has 3 rings (SSSR count). The van der Waals surface area contributed by atoms with Crippen LogP contribution in [-0.4, -0.2) is 111 Å². The maximum Gasteiger partial charge on any atom is 0.229 e. The largest absolute Gasteiger partial charge is 0.504 e. The van der Waals surface area contributed by atoms with Crippen LogP contribution in [0.15, 0.2) is 12.1 Å². The summed E-state index contributed by atoms with van der Waals surface area (Å²) in [4.78, 5) is 0. The fourth-order valence-electron chi connectivity index (χ4n) is 4.02. The molecule has 9 atom stereocenters. The van der Waals surface area contributed by atoms with Crippen molar-refractivity contribution >= 4 is 0 Å². The molecule has 2 saturated heterocycles. The highest BCUT2D eigenvalue weighted by Crippen LogP contribution is 2.37. The maximum absolute atomic E-state index is 10.4. The normalized spacial score (nSPS) is 35.6. The lowest BCUT2D eigenvalue weighted by Gasteiger charge is -2.41. The number of methoxy groups -OCH3 is 1. The Labute approximate surface area is 203 Å². The van der Waals surface area contributed by atoms with Crippen LogP contribution in [0.2, 0.25) is 0 Å². The number of aromatic hydroxyl groups is 1. The van der Waals surface area contributed by atoms with Crippen molar-refractivity contribution in [1.82, 2.24) is 0 Å². The van der Waals surface area contributed by atoms with Crippen LogP contribution in [0.25, 0.3) is 0 Å². The zero-order valence-corrected chi connectivity index (χ0v) is 19.8. The average molecular weight is 505 g/mol. The summed E-state index contributed by atoms with van der Waals surface area (Å²) < 4.78 is 27.2. The minimum absolute atomic E-state index is 0.0128. The van der Waals surface area contributed by atoms with E-state index in [1.165, 1.54) is 13.2 Å². The number of hydrogen-bond donors (Lipinski definition) is 7. The van der Waals surface area contributed by atoms with E-state index in [1.54, 1.807) is 6.07 Å². The predicted molar refractivity (Wildman–Crippen MR) is 119 cm³/mol. The average Bonchev–Trinajstić information content (AvgIpc) is 2.84. The van der Waals surface area contributed by atoms with Gasteiger partial charge in [-0.3, -0.25) is 0 Å².